The first-order valence-corrected chi connectivity index (χ1v) is 7.51. The van der Waals surface area contributed by atoms with Gasteiger partial charge in [0.05, 0.1) is 0 Å². The highest BCUT2D eigenvalue weighted by Gasteiger charge is 2.12. The van der Waals surface area contributed by atoms with E-state index in [1.165, 1.54) is 0 Å². The predicted octanol–water partition coefficient (Wildman–Crippen LogP) is 4.84. The van der Waals surface area contributed by atoms with Gasteiger partial charge in [-0.05, 0) is 54.8 Å². The largest absolute Gasteiger partial charge is 0.454 e. The SMILES string of the molecule is C=C(Oc1ccc(Cl)cc1)C(=O)c1ccc(SC)cc1. The van der Waals surface area contributed by atoms with E-state index in [-0.39, 0.29) is 11.5 Å². The average Bonchev–Trinajstić information content (AvgIpc) is 2.49. The molecular weight excluding hydrogens is 292 g/mol. The van der Waals surface area contributed by atoms with Crippen LogP contribution in [0.2, 0.25) is 5.02 Å². The molecule has 2 aromatic carbocycles. The van der Waals surface area contributed by atoms with Gasteiger partial charge in [0.25, 0.3) is 0 Å². The monoisotopic (exact) mass is 304 g/mol. The summed E-state index contributed by atoms with van der Waals surface area (Å²) >= 11 is 7.41. The topological polar surface area (TPSA) is 26.3 Å². The number of ketones is 1. The van der Waals surface area contributed by atoms with Crippen LogP contribution >= 0.6 is 23.4 Å². The lowest BCUT2D eigenvalue weighted by Gasteiger charge is -2.08. The fourth-order valence-electron chi connectivity index (χ4n) is 1.59. The van der Waals surface area contributed by atoms with Crippen molar-refractivity contribution in [2.24, 2.45) is 0 Å². The molecule has 0 spiro atoms. The minimum absolute atomic E-state index is 0.0872. The second-order valence-electron chi connectivity index (χ2n) is 4.04. The van der Waals surface area contributed by atoms with Crippen LogP contribution in [0.25, 0.3) is 0 Å². The molecule has 0 radical (unpaired) electrons. The molecule has 0 saturated heterocycles. The average molecular weight is 305 g/mol. The van der Waals surface area contributed by atoms with Gasteiger partial charge in [-0.15, -0.1) is 11.8 Å². The number of hydrogen-bond acceptors (Lipinski definition) is 3. The molecule has 0 aliphatic carbocycles. The van der Waals surface area contributed by atoms with Crippen molar-refractivity contribution in [3.8, 4) is 5.75 Å². The summed E-state index contributed by atoms with van der Waals surface area (Å²) in [7, 11) is 0. The molecular formula is C16H13ClO2S. The summed E-state index contributed by atoms with van der Waals surface area (Å²) < 4.78 is 5.43. The molecule has 0 amide bonds. The molecule has 0 fully saturated rings. The highest BCUT2D eigenvalue weighted by molar-refractivity contribution is 7.98. The van der Waals surface area contributed by atoms with Gasteiger partial charge in [0.1, 0.15) is 5.75 Å². The summed E-state index contributed by atoms with van der Waals surface area (Å²) in [4.78, 5) is 13.3. The number of benzene rings is 2. The van der Waals surface area contributed by atoms with E-state index in [4.69, 9.17) is 16.3 Å². The molecule has 2 nitrogen and oxygen atoms in total. The Morgan fingerprint density at radius 3 is 2.25 bits per heavy atom. The summed E-state index contributed by atoms with van der Waals surface area (Å²) in [5.74, 6) is 0.394. The lowest BCUT2D eigenvalue weighted by atomic mass is 10.1. The van der Waals surface area contributed by atoms with Crippen molar-refractivity contribution in [2.45, 2.75) is 4.90 Å². The first kappa shape index (κ1) is 14.7. The molecule has 0 heterocycles. The zero-order valence-electron chi connectivity index (χ0n) is 10.9. The minimum Gasteiger partial charge on any atom is -0.454 e. The molecule has 0 aliphatic rings. The van der Waals surface area contributed by atoms with E-state index in [1.807, 2.05) is 18.4 Å². The lowest BCUT2D eigenvalue weighted by molar-refractivity contribution is 0.0987. The van der Waals surface area contributed by atoms with E-state index in [2.05, 4.69) is 6.58 Å². The van der Waals surface area contributed by atoms with Gasteiger partial charge < -0.3 is 4.74 Å². The van der Waals surface area contributed by atoms with Crippen LogP contribution in [0.15, 0.2) is 65.8 Å². The Bertz CT molecular complexity index is 618. The highest BCUT2D eigenvalue weighted by atomic mass is 35.5. The number of ether oxygens (including phenoxy) is 1. The van der Waals surface area contributed by atoms with Gasteiger partial charge in [0, 0.05) is 15.5 Å². The molecule has 0 atom stereocenters. The van der Waals surface area contributed by atoms with Gasteiger partial charge in [-0.3, -0.25) is 4.79 Å². The zero-order chi connectivity index (χ0) is 14.5. The number of thioether (sulfide) groups is 1. The minimum atomic E-state index is -0.229. The quantitative estimate of drug-likeness (QED) is 0.342. The number of halogens is 1. The first-order valence-electron chi connectivity index (χ1n) is 5.91. The summed E-state index contributed by atoms with van der Waals surface area (Å²) in [6, 6.07) is 14.1. The summed E-state index contributed by atoms with van der Waals surface area (Å²) in [6.45, 7) is 3.68. The second kappa shape index (κ2) is 6.64. The molecule has 4 heteroatoms. The number of carbonyl (C=O) groups excluding carboxylic acids is 1. The van der Waals surface area contributed by atoms with Crippen LogP contribution in [0.3, 0.4) is 0 Å². The van der Waals surface area contributed by atoms with Gasteiger partial charge in [0.15, 0.2) is 5.76 Å². The summed E-state index contributed by atoms with van der Waals surface area (Å²) in [6.07, 6.45) is 1.99. The predicted molar refractivity (Wildman–Crippen MR) is 83.8 cm³/mol. The van der Waals surface area contributed by atoms with Crippen LogP contribution in [0.1, 0.15) is 10.4 Å². The molecule has 0 saturated carbocycles. The molecule has 0 bridgehead atoms. The molecule has 20 heavy (non-hydrogen) atoms. The first-order chi connectivity index (χ1) is 9.60. The van der Waals surface area contributed by atoms with E-state index in [1.54, 1.807) is 48.2 Å². The van der Waals surface area contributed by atoms with Crippen molar-refractivity contribution >= 4 is 29.1 Å². The Balaban J connectivity index is 2.07. The van der Waals surface area contributed by atoms with Crippen LogP contribution in [0.5, 0.6) is 5.75 Å². The van der Waals surface area contributed by atoms with E-state index < -0.39 is 0 Å². The third-order valence-electron chi connectivity index (χ3n) is 2.66. The van der Waals surface area contributed by atoms with Crippen molar-refractivity contribution < 1.29 is 9.53 Å². The normalized spacial score (nSPS) is 10.1. The molecule has 0 unspecified atom stereocenters. The molecule has 2 aromatic rings. The maximum atomic E-state index is 12.2. The van der Waals surface area contributed by atoms with Crippen LogP contribution in [-0.4, -0.2) is 12.0 Å². The third kappa shape index (κ3) is 3.65. The maximum absolute atomic E-state index is 12.2. The van der Waals surface area contributed by atoms with Crippen molar-refractivity contribution in [3.05, 3.63) is 71.5 Å². The highest BCUT2D eigenvalue weighted by Crippen LogP contribution is 2.20. The van der Waals surface area contributed by atoms with Crippen molar-refractivity contribution in [1.82, 2.24) is 0 Å². The van der Waals surface area contributed by atoms with Crippen LogP contribution in [0, 0.1) is 0 Å². The maximum Gasteiger partial charge on any atom is 0.227 e. The van der Waals surface area contributed by atoms with Crippen LogP contribution < -0.4 is 4.74 Å². The number of carbonyl (C=O) groups is 1. The molecule has 2 rings (SSSR count). The van der Waals surface area contributed by atoms with Gasteiger partial charge in [-0.25, -0.2) is 0 Å². The number of hydrogen-bond donors (Lipinski definition) is 0. The van der Waals surface area contributed by atoms with Gasteiger partial charge in [0.2, 0.25) is 5.78 Å². The Morgan fingerprint density at radius 1 is 1.10 bits per heavy atom. The molecule has 0 N–H and O–H groups in total. The zero-order valence-corrected chi connectivity index (χ0v) is 12.5. The smallest absolute Gasteiger partial charge is 0.227 e. The van der Waals surface area contributed by atoms with Crippen molar-refractivity contribution in [2.75, 3.05) is 6.26 Å². The summed E-state index contributed by atoms with van der Waals surface area (Å²) in [5.41, 5.74) is 0.557. The second-order valence-corrected chi connectivity index (χ2v) is 5.35. The van der Waals surface area contributed by atoms with Gasteiger partial charge in [-0.1, -0.05) is 18.2 Å². The van der Waals surface area contributed by atoms with Crippen LogP contribution in [0.4, 0.5) is 0 Å². The standard InChI is InChI=1S/C16H13ClO2S/c1-11(19-14-7-5-13(17)6-8-14)16(18)12-3-9-15(20-2)10-4-12/h3-10H,1H2,2H3. The van der Waals surface area contributed by atoms with Crippen LogP contribution in [-0.2, 0) is 0 Å². The van der Waals surface area contributed by atoms with Crippen molar-refractivity contribution in [3.63, 3.8) is 0 Å². The fourth-order valence-corrected chi connectivity index (χ4v) is 2.13. The van der Waals surface area contributed by atoms with E-state index in [9.17, 15) is 4.79 Å². The van der Waals surface area contributed by atoms with Gasteiger partial charge in [-0.2, -0.15) is 0 Å². The number of rotatable bonds is 5. The van der Waals surface area contributed by atoms with E-state index >= 15 is 0 Å². The Hall–Kier alpha value is -1.71. The Kier molecular flexibility index (Phi) is 4.88. The molecule has 0 aliphatic heterocycles. The third-order valence-corrected chi connectivity index (χ3v) is 3.66. The fraction of sp³-hybridized carbons (Fsp3) is 0.0625. The molecule has 0 aromatic heterocycles. The number of allylic oxidation sites excluding steroid dienone is 1. The van der Waals surface area contributed by atoms with E-state index in [0.717, 1.165) is 4.90 Å². The Morgan fingerprint density at radius 2 is 1.70 bits per heavy atom. The summed E-state index contributed by atoms with van der Waals surface area (Å²) in [5, 5.41) is 0.613. The lowest BCUT2D eigenvalue weighted by Crippen LogP contribution is -2.08. The van der Waals surface area contributed by atoms with Crippen molar-refractivity contribution in [1.29, 1.82) is 0 Å². The van der Waals surface area contributed by atoms with E-state index in [0.29, 0.717) is 16.3 Å². The van der Waals surface area contributed by atoms with Gasteiger partial charge >= 0.3 is 0 Å². The Labute approximate surface area is 127 Å². The number of Topliss-reactive ketones (excluding diaryl/α,β-unsaturated/α-hetero) is 1. The molecule has 102 valence electrons.